The van der Waals surface area contributed by atoms with Crippen molar-refractivity contribution in [2.45, 2.75) is 49.9 Å². The van der Waals surface area contributed by atoms with E-state index in [2.05, 4.69) is 31.0 Å². The third-order valence-corrected chi connectivity index (χ3v) is 10.1. The first-order valence-electron chi connectivity index (χ1n) is 10.6. The van der Waals surface area contributed by atoms with Crippen LogP contribution in [0.5, 0.6) is 0 Å². The van der Waals surface area contributed by atoms with Gasteiger partial charge < -0.3 is 9.30 Å². The van der Waals surface area contributed by atoms with Gasteiger partial charge in [0.15, 0.2) is 4.80 Å². The van der Waals surface area contributed by atoms with Gasteiger partial charge in [0.1, 0.15) is 10.3 Å². The second-order valence-corrected chi connectivity index (χ2v) is 12.0. The maximum atomic E-state index is 13.3. The van der Waals surface area contributed by atoms with Crippen molar-refractivity contribution in [2.24, 2.45) is 4.99 Å². The van der Waals surface area contributed by atoms with E-state index in [-0.39, 0.29) is 4.21 Å². The van der Waals surface area contributed by atoms with Crippen LogP contribution in [0.2, 0.25) is 0 Å². The van der Waals surface area contributed by atoms with E-state index in [1.807, 2.05) is 4.57 Å². The molecule has 0 radical (unpaired) electrons. The smallest absolute Gasteiger partial charge is 0.266 e. The summed E-state index contributed by atoms with van der Waals surface area (Å²) >= 11 is 2.62. The van der Waals surface area contributed by atoms with Crippen LogP contribution < -0.4 is 4.80 Å². The van der Waals surface area contributed by atoms with E-state index in [1.165, 1.54) is 38.1 Å². The van der Waals surface area contributed by atoms with Gasteiger partial charge >= 0.3 is 0 Å². The summed E-state index contributed by atoms with van der Waals surface area (Å²) in [6.07, 6.45) is 2.02. The summed E-state index contributed by atoms with van der Waals surface area (Å²) in [5.41, 5.74) is 3.35. The number of fused-ring (bicyclic) bond motifs is 1. The van der Waals surface area contributed by atoms with Crippen LogP contribution in [0.3, 0.4) is 0 Å². The number of rotatable bonds is 6. The number of hydrogen-bond acceptors (Lipinski definition) is 6. The number of carbonyl (C=O) groups excluding carboxylic acids is 1. The van der Waals surface area contributed by atoms with Gasteiger partial charge in [-0.05, 0) is 61.4 Å². The Bertz CT molecular complexity index is 1290. The molecule has 3 aromatic rings. The van der Waals surface area contributed by atoms with Gasteiger partial charge in [-0.25, -0.2) is 8.42 Å². The summed E-state index contributed by atoms with van der Waals surface area (Å²) in [6, 6.07) is 6.73. The molecule has 1 unspecified atom stereocenters. The molecule has 32 heavy (non-hydrogen) atoms. The quantitative estimate of drug-likeness (QED) is 0.524. The molecule has 1 fully saturated rings. The number of nitrogens with zero attached hydrogens (tertiary/aromatic N) is 3. The van der Waals surface area contributed by atoms with E-state index in [1.54, 1.807) is 24.6 Å². The number of amides is 1. The number of sulfonamides is 1. The molecule has 172 valence electrons. The van der Waals surface area contributed by atoms with Crippen LogP contribution >= 0.6 is 22.7 Å². The van der Waals surface area contributed by atoms with Crippen molar-refractivity contribution in [3.05, 3.63) is 45.6 Å². The van der Waals surface area contributed by atoms with Gasteiger partial charge in [0.05, 0.1) is 16.8 Å². The molecule has 7 nitrogen and oxygen atoms in total. The van der Waals surface area contributed by atoms with Crippen molar-refractivity contribution >= 4 is 48.8 Å². The highest BCUT2D eigenvalue weighted by Crippen LogP contribution is 2.28. The highest BCUT2D eigenvalue weighted by atomic mass is 32.2. The van der Waals surface area contributed by atoms with Gasteiger partial charge in [-0.1, -0.05) is 23.8 Å². The maximum Gasteiger partial charge on any atom is 0.266 e. The molecule has 1 aliphatic heterocycles. The summed E-state index contributed by atoms with van der Waals surface area (Å²) in [5.74, 6) is -0.406. The van der Waals surface area contributed by atoms with Crippen LogP contribution in [-0.2, 0) is 26.1 Å². The number of methoxy groups -OCH3 is 1. The number of piperidine rings is 1. The highest BCUT2D eigenvalue weighted by Gasteiger charge is 2.38. The van der Waals surface area contributed by atoms with Crippen LogP contribution in [0, 0.1) is 13.8 Å². The van der Waals surface area contributed by atoms with E-state index in [0.717, 1.165) is 23.1 Å². The summed E-state index contributed by atoms with van der Waals surface area (Å²) in [7, 11) is -2.08. The monoisotopic (exact) mass is 493 g/mol. The molecular formula is C22H27N3O4S3. The third-order valence-electron chi connectivity index (χ3n) is 5.82. The van der Waals surface area contributed by atoms with Crippen molar-refractivity contribution in [3.63, 3.8) is 0 Å². The Balaban J connectivity index is 1.76. The molecule has 1 aliphatic rings. The molecule has 3 heterocycles. The van der Waals surface area contributed by atoms with Crippen molar-refractivity contribution in [1.82, 2.24) is 8.87 Å². The highest BCUT2D eigenvalue weighted by molar-refractivity contribution is 7.91. The standard InChI is InChI=1S/C22H27N3O4S3/c1-15-13-18-19(14-16(15)2)31-22(24(18)10-11-29-3)23-21(26)17-7-4-5-9-25(17)32(27,28)20-8-6-12-30-20/h6,8,12-14,17H,4-5,7,9-11H2,1-3H3. The Labute approximate surface area is 196 Å². The van der Waals surface area contributed by atoms with Gasteiger partial charge in [0.2, 0.25) is 0 Å². The number of carbonyl (C=O) groups is 1. The van der Waals surface area contributed by atoms with Crippen LogP contribution in [0.15, 0.2) is 38.8 Å². The third kappa shape index (κ3) is 4.47. The second-order valence-electron chi connectivity index (χ2n) is 7.94. The molecule has 1 atom stereocenters. The van der Waals surface area contributed by atoms with Crippen LogP contribution in [0.25, 0.3) is 10.2 Å². The van der Waals surface area contributed by atoms with Crippen LogP contribution in [0.4, 0.5) is 0 Å². The van der Waals surface area contributed by atoms with Crippen LogP contribution in [0.1, 0.15) is 30.4 Å². The minimum Gasteiger partial charge on any atom is -0.383 e. The summed E-state index contributed by atoms with van der Waals surface area (Å²) in [4.78, 5) is 18.4. The average molecular weight is 494 g/mol. The molecular weight excluding hydrogens is 466 g/mol. The molecule has 0 N–H and O–H groups in total. The van der Waals surface area contributed by atoms with E-state index >= 15 is 0 Å². The van der Waals surface area contributed by atoms with E-state index < -0.39 is 22.0 Å². The normalized spacial score (nSPS) is 18.5. The Morgan fingerprint density at radius 1 is 1.25 bits per heavy atom. The van der Waals surface area contributed by atoms with Gasteiger partial charge in [-0.2, -0.15) is 9.30 Å². The zero-order valence-electron chi connectivity index (χ0n) is 18.4. The van der Waals surface area contributed by atoms with Crippen molar-refractivity contribution in [3.8, 4) is 0 Å². The summed E-state index contributed by atoms with van der Waals surface area (Å²) in [6.45, 7) is 5.51. The molecule has 2 aromatic heterocycles. The maximum absolute atomic E-state index is 13.3. The molecule has 1 amide bonds. The van der Waals surface area contributed by atoms with E-state index in [4.69, 9.17) is 4.74 Å². The molecule has 10 heteroatoms. The molecule has 0 aliphatic carbocycles. The van der Waals surface area contributed by atoms with Gasteiger partial charge in [0.25, 0.3) is 15.9 Å². The molecule has 4 rings (SSSR count). The Morgan fingerprint density at radius 2 is 2.03 bits per heavy atom. The van der Waals surface area contributed by atoms with Gasteiger partial charge in [0, 0.05) is 20.2 Å². The first-order chi connectivity index (χ1) is 15.3. The van der Waals surface area contributed by atoms with Crippen molar-refractivity contribution in [2.75, 3.05) is 20.3 Å². The molecule has 1 aromatic carbocycles. The molecule has 0 saturated carbocycles. The van der Waals surface area contributed by atoms with Gasteiger partial charge in [-0.15, -0.1) is 11.3 Å². The fourth-order valence-corrected chi connectivity index (χ4v) is 7.85. The Morgan fingerprint density at radius 3 is 2.75 bits per heavy atom. The fraction of sp³-hybridized carbons (Fsp3) is 0.455. The molecule has 0 spiro atoms. The zero-order valence-corrected chi connectivity index (χ0v) is 20.9. The number of aromatic nitrogens is 1. The number of ether oxygens (including phenoxy) is 1. The number of aryl methyl sites for hydroxylation is 2. The fourth-order valence-electron chi connectivity index (χ4n) is 3.94. The van der Waals surface area contributed by atoms with Crippen molar-refractivity contribution in [1.29, 1.82) is 0 Å². The lowest BCUT2D eigenvalue weighted by Gasteiger charge is -2.31. The SMILES string of the molecule is COCCn1c(=NC(=O)C2CCCCN2S(=O)(=O)c2cccs2)sc2cc(C)c(C)cc21. The lowest BCUT2D eigenvalue weighted by Crippen LogP contribution is -2.47. The first kappa shape index (κ1) is 23.3. The average Bonchev–Trinajstić information content (AvgIpc) is 3.42. The predicted molar refractivity (Wildman–Crippen MR) is 128 cm³/mol. The zero-order chi connectivity index (χ0) is 22.9. The molecule has 0 bridgehead atoms. The summed E-state index contributed by atoms with van der Waals surface area (Å²) < 4.78 is 36.2. The van der Waals surface area contributed by atoms with Gasteiger partial charge in [-0.3, -0.25) is 4.79 Å². The Kier molecular flexibility index (Phi) is 6.97. The van der Waals surface area contributed by atoms with Crippen molar-refractivity contribution < 1.29 is 17.9 Å². The second kappa shape index (κ2) is 9.56. The molecule has 1 saturated heterocycles. The van der Waals surface area contributed by atoms with E-state index in [0.29, 0.717) is 30.9 Å². The number of benzene rings is 1. The number of thiazole rings is 1. The predicted octanol–water partition coefficient (Wildman–Crippen LogP) is 3.70. The lowest BCUT2D eigenvalue weighted by molar-refractivity contribution is -0.122. The van der Waals surface area contributed by atoms with Crippen LogP contribution in [-0.4, -0.2) is 49.5 Å². The van der Waals surface area contributed by atoms with E-state index in [9.17, 15) is 13.2 Å². The first-order valence-corrected chi connectivity index (χ1v) is 13.7. The Hall–Kier alpha value is -1.85. The minimum atomic E-state index is -3.72. The topological polar surface area (TPSA) is 81.0 Å². The summed E-state index contributed by atoms with van der Waals surface area (Å²) in [5, 5.41) is 1.73. The minimum absolute atomic E-state index is 0.264. The lowest BCUT2D eigenvalue weighted by atomic mass is 10.0. The largest absolute Gasteiger partial charge is 0.383 e. The number of hydrogen-bond donors (Lipinski definition) is 0. The number of thiophene rings is 1.